The molecule has 1 aromatic carbocycles. The smallest absolute Gasteiger partial charge is 0.313 e. The zero-order valence-corrected chi connectivity index (χ0v) is 34.8. The summed E-state index contributed by atoms with van der Waals surface area (Å²) in [4.78, 5) is 24.8. The van der Waals surface area contributed by atoms with E-state index in [-0.39, 0.29) is 59.1 Å². The summed E-state index contributed by atoms with van der Waals surface area (Å²) in [5.41, 5.74) is 0.643. The highest BCUT2D eigenvalue weighted by molar-refractivity contribution is 8.18. The molecule has 9 nitrogen and oxygen atoms in total. The molecule has 1 N–H and O–H groups in total. The van der Waals surface area contributed by atoms with Crippen LogP contribution < -0.4 is 0 Å². The second kappa shape index (κ2) is 18.9. The first-order valence-corrected chi connectivity index (χ1v) is 23.0. The monoisotopic (exact) mass is 756 g/mol. The molecule has 12 heteroatoms. The predicted molar refractivity (Wildman–Crippen MR) is 205 cm³/mol. The van der Waals surface area contributed by atoms with Gasteiger partial charge in [0.25, 0.3) is 0 Å². The van der Waals surface area contributed by atoms with Gasteiger partial charge in [0.05, 0.1) is 48.3 Å². The van der Waals surface area contributed by atoms with Crippen molar-refractivity contribution in [3.05, 3.63) is 35.9 Å². The van der Waals surface area contributed by atoms with Crippen LogP contribution in [0.1, 0.15) is 92.1 Å². The number of thioether (sulfide) groups is 2. The molecule has 0 radical (unpaired) electrons. The van der Waals surface area contributed by atoms with Crippen LogP contribution in [0, 0.1) is 5.41 Å². The number of ketones is 1. The third-order valence-electron chi connectivity index (χ3n) is 10.7. The van der Waals surface area contributed by atoms with Gasteiger partial charge in [0, 0.05) is 38.9 Å². The minimum atomic E-state index is -2.34. The number of rotatable bonds is 19. The number of esters is 1. The van der Waals surface area contributed by atoms with Crippen LogP contribution in [-0.4, -0.2) is 98.4 Å². The number of ether oxygens (including phenoxy) is 5. The number of carbonyl (C=O) groups is 2. The van der Waals surface area contributed by atoms with Crippen LogP contribution >= 0.6 is 23.5 Å². The Kier molecular flexibility index (Phi) is 16.4. The van der Waals surface area contributed by atoms with Gasteiger partial charge in [0.2, 0.25) is 0 Å². The third kappa shape index (κ3) is 11.8. The molecular formula is C38H64O9S2Si. The summed E-state index contributed by atoms with van der Waals surface area (Å²) in [5, 5.41) is 11.3. The third-order valence-corrected chi connectivity index (χ3v) is 19.2. The van der Waals surface area contributed by atoms with Crippen molar-refractivity contribution in [2.45, 2.75) is 146 Å². The van der Waals surface area contributed by atoms with Gasteiger partial charge >= 0.3 is 5.97 Å². The van der Waals surface area contributed by atoms with Gasteiger partial charge in [0.1, 0.15) is 12.2 Å². The number of carbonyl (C=O) groups excluding carboxylic acids is 2. The maximum absolute atomic E-state index is 12.8. The average molecular weight is 757 g/mol. The van der Waals surface area contributed by atoms with E-state index < -0.39 is 31.6 Å². The number of methoxy groups -OCH3 is 2. The summed E-state index contributed by atoms with van der Waals surface area (Å²) in [7, 11) is 1.06. The van der Waals surface area contributed by atoms with Gasteiger partial charge in [-0.2, -0.15) is 0 Å². The number of benzene rings is 1. The van der Waals surface area contributed by atoms with E-state index in [0.717, 1.165) is 23.5 Å². The summed E-state index contributed by atoms with van der Waals surface area (Å²) in [6.45, 7) is 18.5. The van der Waals surface area contributed by atoms with Crippen LogP contribution in [0.4, 0.5) is 0 Å². The van der Waals surface area contributed by atoms with Gasteiger partial charge in [-0.1, -0.05) is 65.0 Å². The van der Waals surface area contributed by atoms with Crippen molar-refractivity contribution in [1.82, 2.24) is 0 Å². The molecule has 2 aliphatic rings. The Morgan fingerprint density at radius 2 is 1.64 bits per heavy atom. The zero-order valence-electron chi connectivity index (χ0n) is 32.2. The molecule has 0 unspecified atom stereocenters. The Labute approximate surface area is 311 Å². The number of hydrogen-bond donors (Lipinski definition) is 1. The lowest BCUT2D eigenvalue weighted by Gasteiger charge is -2.56. The number of hydrogen-bond acceptors (Lipinski definition) is 11. The molecule has 0 amide bonds. The van der Waals surface area contributed by atoms with Gasteiger partial charge < -0.3 is 33.2 Å². The van der Waals surface area contributed by atoms with Crippen molar-refractivity contribution in [2.24, 2.45) is 5.41 Å². The molecule has 286 valence electrons. The molecule has 1 aromatic rings. The Morgan fingerprint density at radius 1 is 1.02 bits per heavy atom. The summed E-state index contributed by atoms with van der Waals surface area (Å²) in [5.74, 6) is 0.306. The Morgan fingerprint density at radius 3 is 2.22 bits per heavy atom. The fourth-order valence-electron chi connectivity index (χ4n) is 6.60. The molecule has 0 saturated carbocycles. The molecular weight excluding hydrogens is 693 g/mol. The SMILES string of the molecule is CCOC(=O)CC(=O)C[C@@H](O)C[C@H](O[Si](C)(C)C(C)(C)C)C(C)(C)C1(C[C@@H]2CC(OC)(OC)C[C@H](COCc3ccccc3)O2)SCCCS1. The Bertz CT molecular complexity index is 1200. The first kappa shape index (κ1) is 43.4. The standard InChI is InChI=1S/C38H64O9S2Si/c1-11-45-34(41)22-30(40)20-29(39)21-33(47-50(9,10)35(2,3)4)36(5,6)38(48-18-15-19-49-38)25-31-23-37(42-7,43-8)24-32(46-31)27-44-26-28-16-13-12-14-17-28/h12-14,16-17,29,31-33,39H,11,15,18-27H2,1-10H3/t29-,31+,32-,33+/m1/s1. The molecule has 2 heterocycles. The minimum absolute atomic E-state index is 0.0674. The zero-order chi connectivity index (χ0) is 37.2. The van der Waals surface area contributed by atoms with Crippen molar-refractivity contribution in [1.29, 1.82) is 0 Å². The van der Waals surface area contributed by atoms with Crippen LogP contribution in [0.2, 0.25) is 18.1 Å². The maximum Gasteiger partial charge on any atom is 0.313 e. The van der Waals surface area contributed by atoms with Crippen molar-refractivity contribution < 1.29 is 42.8 Å². The fourth-order valence-corrected chi connectivity index (χ4v) is 11.9. The van der Waals surface area contributed by atoms with E-state index in [9.17, 15) is 14.7 Å². The van der Waals surface area contributed by atoms with Crippen LogP contribution in [-0.2, 0) is 44.3 Å². The minimum Gasteiger partial charge on any atom is -0.466 e. The van der Waals surface area contributed by atoms with Crippen LogP contribution in [0.25, 0.3) is 0 Å². The molecule has 4 atom stereocenters. The predicted octanol–water partition coefficient (Wildman–Crippen LogP) is 7.78. The lowest BCUT2D eigenvalue weighted by atomic mass is 9.76. The highest BCUT2D eigenvalue weighted by Crippen LogP contribution is 2.60. The highest BCUT2D eigenvalue weighted by atomic mass is 32.2. The van der Waals surface area contributed by atoms with E-state index in [1.165, 1.54) is 0 Å². The Hall–Kier alpha value is -0.963. The van der Waals surface area contributed by atoms with Gasteiger partial charge in [-0.15, -0.1) is 23.5 Å². The van der Waals surface area contributed by atoms with Crippen molar-refractivity contribution in [2.75, 3.05) is 38.9 Å². The van der Waals surface area contributed by atoms with Crippen molar-refractivity contribution >= 4 is 43.6 Å². The maximum atomic E-state index is 12.8. The van der Waals surface area contributed by atoms with E-state index in [1.54, 1.807) is 21.1 Å². The lowest BCUT2D eigenvalue weighted by Crippen LogP contribution is -2.58. The molecule has 0 spiro atoms. The average Bonchev–Trinajstić information content (AvgIpc) is 3.04. The molecule has 2 saturated heterocycles. The molecule has 0 aromatic heterocycles. The Balaban J connectivity index is 1.91. The molecule has 2 fully saturated rings. The van der Waals surface area contributed by atoms with Crippen molar-refractivity contribution in [3.63, 3.8) is 0 Å². The van der Waals surface area contributed by atoms with Gasteiger partial charge in [-0.25, -0.2) is 0 Å². The first-order chi connectivity index (χ1) is 23.4. The van der Waals surface area contributed by atoms with Crippen molar-refractivity contribution in [3.8, 4) is 0 Å². The quantitative estimate of drug-likeness (QED) is 0.0647. The van der Waals surface area contributed by atoms with E-state index >= 15 is 0 Å². The molecule has 2 aliphatic heterocycles. The summed E-state index contributed by atoms with van der Waals surface area (Å²) < 4.78 is 37.0. The van der Waals surface area contributed by atoms with Gasteiger partial charge in [0.15, 0.2) is 14.1 Å². The van der Waals surface area contributed by atoms with Gasteiger partial charge in [-0.05, 0) is 61.4 Å². The lowest BCUT2D eigenvalue weighted by molar-refractivity contribution is -0.278. The van der Waals surface area contributed by atoms with E-state index in [1.807, 2.05) is 41.7 Å². The second-order valence-corrected chi connectivity index (χ2v) is 23.6. The highest BCUT2D eigenvalue weighted by Gasteiger charge is 2.56. The fraction of sp³-hybridized carbons (Fsp3) is 0.789. The molecule has 50 heavy (non-hydrogen) atoms. The summed E-state index contributed by atoms with van der Waals surface area (Å²) in [6, 6.07) is 10.1. The second-order valence-electron chi connectivity index (χ2n) is 15.8. The van der Waals surface area contributed by atoms with Gasteiger partial charge in [-0.3, -0.25) is 9.59 Å². The van der Waals surface area contributed by atoms with E-state index in [4.69, 9.17) is 28.1 Å². The van der Waals surface area contributed by atoms with E-state index in [0.29, 0.717) is 32.5 Å². The number of aliphatic hydroxyl groups is 1. The largest absolute Gasteiger partial charge is 0.466 e. The van der Waals surface area contributed by atoms with Crippen LogP contribution in [0.15, 0.2) is 30.3 Å². The summed E-state index contributed by atoms with van der Waals surface area (Å²) in [6.07, 6.45) is 1.04. The summed E-state index contributed by atoms with van der Waals surface area (Å²) >= 11 is 3.91. The molecule has 0 bridgehead atoms. The molecule has 0 aliphatic carbocycles. The number of Topliss-reactive ketones (excluding diaryl/α,β-unsaturated/α-hetero) is 1. The topological polar surface area (TPSA) is 110 Å². The first-order valence-electron chi connectivity index (χ1n) is 18.1. The van der Waals surface area contributed by atoms with E-state index in [2.05, 4.69) is 59.8 Å². The van der Waals surface area contributed by atoms with Crippen LogP contribution in [0.5, 0.6) is 0 Å². The normalized spacial score (nSPS) is 22.5. The molecule has 3 rings (SSSR count). The van der Waals surface area contributed by atoms with Crippen LogP contribution in [0.3, 0.4) is 0 Å². The number of aliphatic hydroxyl groups excluding tert-OH is 1.